The third-order valence-electron chi connectivity index (χ3n) is 7.37. The Hall–Kier alpha value is -2.31. The van der Waals surface area contributed by atoms with E-state index in [1.807, 2.05) is 0 Å². The van der Waals surface area contributed by atoms with Crippen molar-refractivity contribution in [1.29, 1.82) is 0 Å². The molecule has 24 heteroatoms. The van der Waals surface area contributed by atoms with E-state index >= 15 is 0 Å². The molecular weight excluding hydrogens is 684 g/mol. The number of hydrogen-bond donors (Lipinski definition) is 12. The standard InChI is InChI=1S/C27H60N12O12/c40-7-1-31(19-46)13-37(14-32(20-47)2-8-41)25-28-26(38(15-33(21-48)3-9-42)16-34(22-49)4-10-43)30-27(29-25)39(17-35(23-50)5-11-44)18-36(24-51)6-12-45/h40-51H,1-24H2. The van der Waals surface area contributed by atoms with Crippen molar-refractivity contribution in [3.05, 3.63) is 0 Å². The quantitative estimate of drug-likeness (QED) is 0.0297. The highest BCUT2D eigenvalue weighted by molar-refractivity contribution is 5.46. The Balaban J connectivity index is 4.13. The van der Waals surface area contributed by atoms with Crippen LogP contribution in [0.5, 0.6) is 0 Å². The molecule has 0 saturated heterocycles. The maximum Gasteiger partial charge on any atom is 0.234 e. The molecular formula is C27H60N12O12. The maximum absolute atomic E-state index is 10.1. The van der Waals surface area contributed by atoms with Gasteiger partial charge in [0.25, 0.3) is 0 Å². The van der Waals surface area contributed by atoms with E-state index in [2.05, 4.69) is 0 Å². The Morgan fingerprint density at radius 1 is 0.275 bits per heavy atom. The molecule has 1 heterocycles. The Kier molecular flexibility index (Phi) is 25.9. The summed E-state index contributed by atoms with van der Waals surface area (Å²) in [4.78, 5) is 27.3. The summed E-state index contributed by atoms with van der Waals surface area (Å²) in [6.45, 7) is -5.22. The van der Waals surface area contributed by atoms with Crippen molar-refractivity contribution in [2.24, 2.45) is 0 Å². The number of aromatic nitrogens is 3. The van der Waals surface area contributed by atoms with E-state index in [0.717, 1.165) is 0 Å². The lowest BCUT2D eigenvalue weighted by Crippen LogP contribution is -2.50. The zero-order chi connectivity index (χ0) is 38.0. The van der Waals surface area contributed by atoms with Gasteiger partial charge in [0.15, 0.2) is 0 Å². The van der Waals surface area contributed by atoms with Crippen LogP contribution in [0.2, 0.25) is 0 Å². The number of aliphatic hydroxyl groups is 12. The lowest BCUT2D eigenvalue weighted by molar-refractivity contribution is 0.0640. The highest BCUT2D eigenvalue weighted by atomic mass is 16.3. The topological polar surface area (TPSA) is 311 Å². The lowest BCUT2D eigenvalue weighted by Gasteiger charge is -2.37. The van der Waals surface area contributed by atoms with Gasteiger partial charge < -0.3 is 76.0 Å². The molecule has 0 aliphatic rings. The molecule has 0 fully saturated rings. The molecule has 0 aliphatic carbocycles. The van der Waals surface area contributed by atoms with Gasteiger partial charge in [0, 0.05) is 39.3 Å². The molecule has 0 radical (unpaired) electrons. The van der Waals surface area contributed by atoms with Crippen molar-refractivity contribution in [2.45, 2.75) is 0 Å². The number of rotatable bonds is 33. The van der Waals surface area contributed by atoms with Crippen LogP contribution in [0.4, 0.5) is 17.8 Å². The Labute approximate surface area is 297 Å². The Bertz CT molecular complexity index is 824. The van der Waals surface area contributed by atoms with Gasteiger partial charge in [-0.2, -0.15) is 15.0 Å². The number of anilines is 3. The molecule has 300 valence electrons. The molecule has 1 aromatic rings. The van der Waals surface area contributed by atoms with Gasteiger partial charge in [0.2, 0.25) is 17.8 Å². The second-order valence-electron chi connectivity index (χ2n) is 11.3. The van der Waals surface area contributed by atoms with Crippen LogP contribution in [0.1, 0.15) is 0 Å². The van der Waals surface area contributed by atoms with Crippen LogP contribution in [-0.2, 0) is 0 Å². The fourth-order valence-electron chi connectivity index (χ4n) is 4.70. The van der Waals surface area contributed by atoms with Crippen LogP contribution < -0.4 is 14.7 Å². The lowest BCUT2D eigenvalue weighted by atomic mass is 10.5. The Morgan fingerprint density at radius 3 is 0.549 bits per heavy atom. The van der Waals surface area contributed by atoms with Crippen LogP contribution in [0.15, 0.2) is 0 Å². The molecule has 0 aliphatic heterocycles. The molecule has 0 atom stereocenters. The van der Waals surface area contributed by atoms with Crippen LogP contribution in [0, 0.1) is 0 Å². The molecule has 0 spiro atoms. The summed E-state index contributed by atoms with van der Waals surface area (Å²) in [6.07, 6.45) is 0. The van der Waals surface area contributed by atoms with Crippen molar-refractivity contribution in [2.75, 3.05) is 174 Å². The molecule has 0 saturated carbocycles. The zero-order valence-corrected chi connectivity index (χ0v) is 29.2. The SMILES string of the molecule is OCCN(CO)CN(CN(CO)CCO)c1nc(N(CN(CO)CCO)CN(CO)CCO)nc(N(CN(CO)CCO)CN(CO)CCO)n1. The molecule has 0 amide bonds. The first-order valence-corrected chi connectivity index (χ1v) is 16.4. The minimum Gasteiger partial charge on any atom is -0.395 e. The van der Waals surface area contributed by atoms with Gasteiger partial charge >= 0.3 is 0 Å². The van der Waals surface area contributed by atoms with Gasteiger partial charge in [-0.3, -0.25) is 29.4 Å². The van der Waals surface area contributed by atoms with Crippen LogP contribution >= 0.6 is 0 Å². The smallest absolute Gasteiger partial charge is 0.234 e. The number of aliphatic hydroxyl groups excluding tert-OH is 12. The van der Waals surface area contributed by atoms with Gasteiger partial charge in [-0.25, -0.2) is 0 Å². The second-order valence-corrected chi connectivity index (χ2v) is 11.3. The first kappa shape index (κ1) is 46.7. The van der Waals surface area contributed by atoms with Gasteiger partial charge in [-0.15, -0.1) is 0 Å². The summed E-state index contributed by atoms with van der Waals surface area (Å²) in [5.74, 6) is -0.157. The molecule has 0 bridgehead atoms. The highest BCUT2D eigenvalue weighted by Gasteiger charge is 2.26. The van der Waals surface area contributed by atoms with Gasteiger partial charge in [-0.1, -0.05) is 0 Å². The van der Waals surface area contributed by atoms with Crippen LogP contribution in [-0.4, -0.2) is 265 Å². The molecule has 0 unspecified atom stereocenters. The van der Waals surface area contributed by atoms with Gasteiger partial charge in [-0.05, 0) is 0 Å². The van der Waals surface area contributed by atoms with Gasteiger partial charge in [0.1, 0.15) is 0 Å². The van der Waals surface area contributed by atoms with E-state index in [1.165, 1.54) is 44.1 Å². The van der Waals surface area contributed by atoms with Crippen LogP contribution in [0.25, 0.3) is 0 Å². The van der Waals surface area contributed by atoms with Crippen molar-refractivity contribution in [3.63, 3.8) is 0 Å². The number of nitrogens with zero attached hydrogens (tertiary/aromatic N) is 12. The minimum absolute atomic E-state index is 0.0354. The average molecular weight is 745 g/mol. The summed E-state index contributed by atoms with van der Waals surface area (Å²) in [5, 5.41) is 118. The van der Waals surface area contributed by atoms with Gasteiger partial charge in [0.05, 0.1) is 120 Å². The predicted molar refractivity (Wildman–Crippen MR) is 182 cm³/mol. The first-order chi connectivity index (χ1) is 24.7. The minimum atomic E-state index is -0.488. The Morgan fingerprint density at radius 2 is 0.431 bits per heavy atom. The van der Waals surface area contributed by atoms with E-state index in [9.17, 15) is 61.3 Å². The summed E-state index contributed by atoms with van der Waals surface area (Å²) in [6, 6.07) is 0. The summed E-state index contributed by atoms with van der Waals surface area (Å²) < 4.78 is 0. The largest absolute Gasteiger partial charge is 0.395 e. The molecule has 1 aromatic heterocycles. The fourth-order valence-corrected chi connectivity index (χ4v) is 4.70. The van der Waals surface area contributed by atoms with Crippen LogP contribution in [0.3, 0.4) is 0 Å². The first-order valence-electron chi connectivity index (χ1n) is 16.4. The second kappa shape index (κ2) is 28.2. The number of hydrogen-bond acceptors (Lipinski definition) is 24. The van der Waals surface area contributed by atoms with E-state index in [1.54, 1.807) is 0 Å². The van der Waals surface area contributed by atoms with E-state index in [4.69, 9.17) is 15.0 Å². The summed E-state index contributed by atoms with van der Waals surface area (Å²) in [5.41, 5.74) is 0. The third-order valence-corrected chi connectivity index (χ3v) is 7.37. The normalized spacial score (nSPS) is 12.1. The fraction of sp³-hybridized carbons (Fsp3) is 0.889. The van der Waals surface area contributed by atoms with E-state index < -0.39 is 40.4 Å². The third kappa shape index (κ3) is 17.4. The molecule has 24 nitrogen and oxygen atoms in total. The predicted octanol–water partition coefficient (Wildman–Crippen LogP) is -8.50. The summed E-state index contributed by atoms with van der Waals surface area (Å²) >= 11 is 0. The van der Waals surface area contributed by atoms with Crippen molar-refractivity contribution >= 4 is 17.8 Å². The zero-order valence-electron chi connectivity index (χ0n) is 29.2. The molecule has 0 aromatic carbocycles. The monoisotopic (exact) mass is 744 g/mol. The highest BCUT2D eigenvalue weighted by Crippen LogP contribution is 2.22. The maximum atomic E-state index is 10.1. The van der Waals surface area contributed by atoms with Crippen molar-refractivity contribution in [1.82, 2.24) is 44.4 Å². The van der Waals surface area contributed by atoms with E-state index in [0.29, 0.717) is 0 Å². The van der Waals surface area contributed by atoms with Crippen molar-refractivity contribution in [3.8, 4) is 0 Å². The molecule has 51 heavy (non-hydrogen) atoms. The average Bonchev–Trinajstić information content (AvgIpc) is 3.14. The molecule has 12 N–H and O–H groups in total. The van der Waals surface area contributed by atoms with E-state index in [-0.39, 0.29) is 137 Å². The summed E-state index contributed by atoms with van der Waals surface area (Å²) in [7, 11) is 0. The van der Waals surface area contributed by atoms with Crippen molar-refractivity contribution < 1.29 is 61.3 Å². The molecule has 1 rings (SSSR count).